The average Bonchev–Trinajstić information content (AvgIpc) is 3.43. The minimum Gasteiger partial charge on any atom is -0.325 e. The van der Waals surface area contributed by atoms with Crippen molar-refractivity contribution in [2.24, 2.45) is 7.05 Å². The Bertz CT molecular complexity index is 1220. The molecule has 0 bridgehead atoms. The van der Waals surface area contributed by atoms with E-state index in [2.05, 4.69) is 20.4 Å². The second-order valence-corrected chi connectivity index (χ2v) is 7.74. The Morgan fingerprint density at radius 1 is 1.03 bits per heavy atom. The number of hydrogen-bond acceptors (Lipinski definition) is 5. The Labute approximate surface area is 173 Å². The fourth-order valence-electron chi connectivity index (χ4n) is 3.78. The highest BCUT2D eigenvalue weighted by molar-refractivity contribution is 5.73. The van der Waals surface area contributed by atoms with E-state index in [1.165, 1.54) is 18.5 Å². The Balaban J connectivity index is 1.53. The van der Waals surface area contributed by atoms with Gasteiger partial charge in [0.25, 0.3) is 0 Å². The molecule has 0 unspecified atom stereocenters. The molecule has 8 heteroatoms. The van der Waals surface area contributed by atoms with Gasteiger partial charge in [0.2, 0.25) is 0 Å². The van der Waals surface area contributed by atoms with Gasteiger partial charge in [0.1, 0.15) is 23.8 Å². The van der Waals surface area contributed by atoms with Crippen LogP contribution in [0.25, 0.3) is 17.1 Å². The molecule has 0 saturated heterocycles. The molecule has 7 nitrogen and oxygen atoms in total. The predicted molar refractivity (Wildman–Crippen MR) is 112 cm³/mol. The van der Waals surface area contributed by atoms with Gasteiger partial charge in [-0.15, -0.1) is 0 Å². The predicted octanol–water partition coefficient (Wildman–Crippen LogP) is 4.44. The van der Waals surface area contributed by atoms with Crippen LogP contribution in [0.5, 0.6) is 0 Å². The maximum atomic E-state index is 13.4. The Morgan fingerprint density at radius 2 is 1.80 bits per heavy atom. The summed E-state index contributed by atoms with van der Waals surface area (Å²) in [6.07, 6.45) is 3.77. The maximum Gasteiger partial charge on any atom is 0.159 e. The second kappa shape index (κ2) is 7.05. The lowest BCUT2D eigenvalue weighted by Crippen LogP contribution is -2.06. The van der Waals surface area contributed by atoms with Gasteiger partial charge in [-0.05, 0) is 62.9 Å². The fraction of sp³-hybridized carbons (Fsp3) is 0.273. The third-order valence-corrected chi connectivity index (χ3v) is 5.31. The van der Waals surface area contributed by atoms with Gasteiger partial charge in [-0.2, -0.15) is 10.2 Å². The first kappa shape index (κ1) is 18.5. The van der Waals surface area contributed by atoms with Crippen LogP contribution in [0.3, 0.4) is 0 Å². The van der Waals surface area contributed by atoms with Gasteiger partial charge < -0.3 is 5.32 Å². The molecule has 0 atom stereocenters. The molecule has 1 aromatic carbocycles. The molecule has 3 aromatic heterocycles. The van der Waals surface area contributed by atoms with E-state index < -0.39 is 0 Å². The number of halogens is 1. The summed E-state index contributed by atoms with van der Waals surface area (Å²) in [5.74, 6) is 2.46. The van der Waals surface area contributed by atoms with E-state index >= 15 is 0 Å². The van der Waals surface area contributed by atoms with Crippen LogP contribution in [-0.2, 0) is 7.05 Å². The molecule has 0 aliphatic heterocycles. The number of nitrogens with one attached hydrogen (secondary N) is 1. The van der Waals surface area contributed by atoms with Crippen molar-refractivity contribution in [1.82, 2.24) is 29.5 Å². The van der Waals surface area contributed by atoms with Crippen LogP contribution in [0.1, 0.15) is 35.7 Å². The van der Waals surface area contributed by atoms with Gasteiger partial charge in [-0.3, -0.25) is 4.68 Å². The molecule has 30 heavy (non-hydrogen) atoms. The molecule has 4 aromatic rings. The van der Waals surface area contributed by atoms with E-state index in [1.807, 2.05) is 37.7 Å². The zero-order valence-electron chi connectivity index (χ0n) is 17.1. The summed E-state index contributed by atoms with van der Waals surface area (Å²) in [7, 11) is 1.91. The molecule has 0 spiro atoms. The van der Waals surface area contributed by atoms with Crippen LogP contribution < -0.4 is 5.32 Å². The largest absolute Gasteiger partial charge is 0.325 e. The SMILES string of the molecule is Cc1cc(C)n(-c2cc(Nc3c(C4CC4)c(-c4ccc(F)cc4)nn3C)ncn2)n1. The summed E-state index contributed by atoms with van der Waals surface area (Å²) in [5, 5.41) is 12.7. The number of benzene rings is 1. The minimum absolute atomic E-state index is 0.251. The molecule has 3 heterocycles. The summed E-state index contributed by atoms with van der Waals surface area (Å²) in [4.78, 5) is 8.77. The fourth-order valence-corrected chi connectivity index (χ4v) is 3.78. The zero-order chi connectivity index (χ0) is 20.8. The van der Waals surface area contributed by atoms with Crippen molar-refractivity contribution in [1.29, 1.82) is 0 Å². The molecule has 0 radical (unpaired) electrons. The molecule has 1 fully saturated rings. The maximum absolute atomic E-state index is 13.4. The Morgan fingerprint density at radius 3 is 2.47 bits per heavy atom. The number of nitrogens with zero attached hydrogens (tertiary/aromatic N) is 6. The lowest BCUT2D eigenvalue weighted by molar-refractivity contribution is 0.628. The molecule has 0 amide bonds. The van der Waals surface area contributed by atoms with E-state index in [9.17, 15) is 4.39 Å². The summed E-state index contributed by atoms with van der Waals surface area (Å²) in [6, 6.07) is 10.4. The summed E-state index contributed by atoms with van der Waals surface area (Å²) >= 11 is 0. The standard InChI is InChI=1S/C22H22FN7/c1-13-10-14(2)30(27-13)19-11-18(24-12-25-19)26-22-20(15-4-5-15)21(28-29(22)3)16-6-8-17(23)9-7-16/h6-12,15H,4-5H2,1-3H3,(H,24,25,26). The van der Waals surface area contributed by atoms with Crippen molar-refractivity contribution < 1.29 is 4.39 Å². The number of anilines is 2. The lowest BCUT2D eigenvalue weighted by atomic mass is 10.0. The van der Waals surface area contributed by atoms with Gasteiger partial charge >= 0.3 is 0 Å². The Kier molecular flexibility index (Phi) is 4.34. The van der Waals surface area contributed by atoms with E-state index in [0.717, 1.165) is 46.9 Å². The molecule has 5 rings (SSSR count). The minimum atomic E-state index is -0.251. The summed E-state index contributed by atoms with van der Waals surface area (Å²) in [5.41, 5.74) is 4.89. The van der Waals surface area contributed by atoms with Crippen LogP contribution >= 0.6 is 0 Å². The molecular formula is C22H22FN7. The van der Waals surface area contributed by atoms with Gasteiger partial charge in [-0.25, -0.2) is 19.0 Å². The van der Waals surface area contributed by atoms with Crippen LogP contribution in [0.4, 0.5) is 16.0 Å². The van der Waals surface area contributed by atoms with Gasteiger partial charge in [-0.1, -0.05) is 0 Å². The number of hydrogen-bond donors (Lipinski definition) is 1. The van der Waals surface area contributed by atoms with Crippen molar-refractivity contribution in [2.45, 2.75) is 32.6 Å². The first-order valence-corrected chi connectivity index (χ1v) is 9.95. The quantitative estimate of drug-likeness (QED) is 0.533. The van der Waals surface area contributed by atoms with Gasteiger partial charge in [0, 0.05) is 29.9 Å². The molecule has 152 valence electrons. The summed E-state index contributed by atoms with van der Waals surface area (Å²) < 4.78 is 17.0. The van der Waals surface area contributed by atoms with Crippen LogP contribution in [0.15, 0.2) is 42.7 Å². The summed E-state index contributed by atoms with van der Waals surface area (Å²) in [6.45, 7) is 3.95. The molecule has 1 saturated carbocycles. The molecular weight excluding hydrogens is 381 g/mol. The van der Waals surface area contributed by atoms with Crippen LogP contribution in [-0.4, -0.2) is 29.5 Å². The second-order valence-electron chi connectivity index (χ2n) is 7.74. The van der Waals surface area contributed by atoms with E-state index in [0.29, 0.717) is 17.6 Å². The van der Waals surface area contributed by atoms with Crippen molar-refractivity contribution >= 4 is 11.6 Å². The average molecular weight is 403 g/mol. The molecule has 1 aliphatic carbocycles. The van der Waals surface area contributed by atoms with Gasteiger partial charge in [0.15, 0.2) is 5.82 Å². The van der Waals surface area contributed by atoms with E-state index in [4.69, 9.17) is 5.10 Å². The number of aromatic nitrogens is 6. The molecule has 1 aliphatic rings. The number of aryl methyl sites for hydroxylation is 3. The first-order valence-electron chi connectivity index (χ1n) is 9.95. The Hall–Kier alpha value is -3.55. The van der Waals surface area contributed by atoms with Crippen LogP contribution in [0, 0.1) is 19.7 Å². The normalized spacial score (nSPS) is 13.6. The monoisotopic (exact) mass is 403 g/mol. The highest BCUT2D eigenvalue weighted by atomic mass is 19.1. The highest BCUT2D eigenvalue weighted by Crippen LogP contribution is 2.48. The molecule has 1 N–H and O–H groups in total. The highest BCUT2D eigenvalue weighted by Gasteiger charge is 2.33. The third-order valence-electron chi connectivity index (χ3n) is 5.31. The zero-order valence-corrected chi connectivity index (χ0v) is 17.1. The lowest BCUT2D eigenvalue weighted by Gasteiger charge is -2.10. The van der Waals surface area contributed by atoms with Crippen molar-refractivity contribution in [2.75, 3.05) is 5.32 Å². The van der Waals surface area contributed by atoms with Crippen molar-refractivity contribution in [3.63, 3.8) is 0 Å². The van der Waals surface area contributed by atoms with Crippen molar-refractivity contribution in [3.8, 4) is 17.1 Å². The van der Waals surface area contributed by atoms with Crippen molar-refractivity contribution in [3.05, 3.63) is 65.5 Å². The first-order chi connectivity index (χ1) is 14.5. The third kappa shape index (κ3) is 3.34. The topological polar surface area (TPSA) is 73.5 Å². The van der Waals surface area contributed by atoms with Crippen LogP contribution in [0.2, 0.25) is 0 Å². The number of rotatable bonds is 5. The smallest absolute Gasteiger partial charge is 0.159 e. The van der Waals surface area contributed by atoms with E-state index in [-0.39, 0.29) is 5.82 Å². The van der Waals surface area contributed by atoms with Gasteiger partial charge in [0.05, 0.1) is 11.4 Å². The van der Waals surface area contributed by atoms with E-state index in [1.54, 1.807) is 16.8 Å².